The second-order valence-corrected chi connectivity index (χ2v) is 5.85. The van der Waals surface area contributed by atoms with Gasteiger partial charge in [0.15, 0.2) is 6.04 Å². The lowest BCUT2D eigenvalue weighted by Crippen LogP contribution is -2.38. The molecule has 0 saturated carbocycles. The number of aliphatic carboxylic acids is 1. The summed E-state index contributed by atoms with van der Waals surface area (Å²) in [5.41, 5.74) is 0.690. The van der Waals surface area contributed by atoms with Crippen molar-refractivity contribution in [2.75, 3.05) is 6.61 Å². The van der Waals surface area contributed by atoms with E-state index in [0.29, 0.717) is 17.9 Å². The summed E-state index contributed by atoms with van der Waals surface area (Å²) in [6.07, 6.45) is -0.0346. The highest BCUT2D eigenvalue weighted by atomic mass is 16.6. The van der Waals surface area contributed by atoms with E-state index in [1.807, 2.05) is 6.07 Å². The number of amides is 1. The highest BCUT2D eigenvalue weighted by Crippen LogP contribution is 2.33. The summed E-state index contributed by atoms with van der Waals surface area (Å²) in [6.45, 7) is 5.66. The van der Waals surface area contributed by atoms with Gasteiger partial charge in [0, 0.05) is 12.0 Å². The van der Waals surface area contributed by atoms with Gasteiger partial charge < -0.3 is 19.9 Å². The molecule has 0 spiro atoms. The fraction of sp³-hybridized carbons (Fsp3) is 0.467. The third kappa shape index (κ3) is 3.65. The maximum Gasteiger partial charge on any atom is 0.408 e. The van der Waals surface area contributed by atoms with Gasteiger partial charge in [-0.05, 0) is 26.3 Å². The lowest BCUT2D eigenvalue weighted by Gasteiger charge is -2.22. The molecule has 0 aliphatic carbocycles. The monoisotopic (exact) mass is 293 g/mol. The molecule has 2 rings (SSSR count). The summed E-state index contributed by atoms with van der Waals surface area (Å²) in [5, 5.41) is 11.8. The van der Waals surface area contributed by atoms with E-state index in [2.05, 4.69) is 5.32 Å². The molecule has 0 aromatic heterocycles. The van der Waals surface area contributed by atoms with E-state index in [1.54, 1.807) is 32.9 Å². The van der Waals surface area contributed by atoms with E-state index < -0.39 is 23.7 Å². The van der Waals surface area contributed by atoms with E-state index in [-0.39, 0.29) is 0 Å². The van der Waals surface area contributed by atoms with Crippen LogP contribution in [0.25, 0.3) is 0 Å². The van der Waals surface area contributed by atoms with Crippen molar-refractivity contribution in [3.05, 3.63) is 29.3 Å². The molecule has 114 valence electrons. The van der Waals surface area contributed by atoms with Crippen LogP contribution in [-0.4, -0.2) is 29.4 Å². The zero-order chi connectivity index (χ0) is 15.6. The van der Waals surface area contributed by atoms with Crippen molar-refractivity contribution >= 4 is 12.1 Å². The first kappa shape index (κ1) is 15.2. The van der Waals surface area contributed by atoms with Crippen LogP contribution >= 0.6 is 0 Å². The van der Waals surface area contributed by atoms with Crippen molar-refractivity contribution in [1.29, 1.82) is 0 Å². The molecule has 6 heteroatoms. The Labute approximate surface area is 123 Å². The highest BCUT2D eigenvalue weighted by molar-refractivity contribution is 5.82. The number of hydrogen-bond donors (Lipinski definition) is 2. The fourth-order valence-corrected chi connectivity index (χ4v) is 2.17. The van der Waals surface area contributed by atoms with Crippen molar-refractivity contribution in [2.24, 2.45) is 0 Å². The Morgan fingerprint density at radius 2 is 2.10 bits per heavy atom. The average molecular weight is 293 g/mol. The molecule has 21 heavy (non-hydrogen) atoms. The van der Waals surface area contributed by atoms with Crippen molar-refractivity contribution in [2.45, 2.75) is 38.8 Å². The smallest absolute Gasteiger partial charge is 0.408 e. The average Bonchev–Trinajstić information content (AvgIpc) is 2.81. The van der Waals surface area contributed by atoms with Gasteiger partial charge in [-0.2, -0.15) is 0 Å². The zero-order valence-electron chi connectivity index (χ0n) is 12.3. The highest BCUT2D eigenvalue weighted by Gasteiger charge is 2.30. The molecule has 1 aliphatic rings. The molecule has 0 bridgehead atoms. The Morgan fingerprint density at radius 1 is 1.38 bits per heavy atom. The minimum Gasteiger partial charge on any atom is -0.493 e. The third-order valence-corrected chi connectivity index (χ3v) is 2.96. The number of benzene rings is 1. The van der Waals surface area contributed by atoms with E-state index in [4.69, 9.17) is 9.47 Å². The Kier molecular flexibility index (Phi) is 4.06. The summed E-state index contributed by atoms with van der Waals surface area (Å²) < 4.78 is 10.6. The summed E-state index contributed by atoms with van der Waals surface area (Å²) >= 11 is 0. The molecule has 1 amide bonds. The molecule has 0 radical (unpaired) electrons. The summed E-state index contributed by atoms with van der Waals surface area (Å²) in [4.78, 5) is 23.3. The van der Waals surface area contributed by atoms with Crippen LogP contribution in [-0.2, 0) is 16.0 Å². The van der Waals surface area contributed by atoms with Gasteiger partial charge in [-0.3, -0.25) is 0 Å². The molecule has 2 N–H and O–H groups in total. The summed E-state index contributed by atoms with van der Waals surface area (Å²) in [7, 11) is 0. The number of nitrogens with one attached hydrogen (secondary N) is 1. The summed E-state index contributed by atoms with van der Waals surface area (Å²) in [5.74, 6) is -0.620. The molecule has 1 aromatic rings. The van der Waals surface area contributed by atoms with Crippen LogP contribution in [0.1, 0.15) is 37.9 Å². The van der Waals surface area contributed by atoms with Gasteiger partial charge in [0.1, 0.15) is 11.4 Å². The molecule has 0 fully saturated rings. The topological polar surface area (TPSA) is 84.9 Å². The van der Waals surface area contributed by atoms with Crippen LogP contribution in [0.4, 0.5) is 4.79 Å². The lowest BCUT2D eigenvalue weighted by molar-refractivity contribution is -0.139. The molecular weight excluding hydrogens is 274 g/mol. The van der Waals surface area contributed by atoms with Crippen molar-refractivity contribution in [3.63, 3.8) is 0 Å². The van der Waals surface area contributed by atoms with Crippen molar-refractivity contribution < 1.29 is 24.2 Å². The van der Waals surface area contributed by atoms with E-state index >= 15 is 0 Å². The number of carbonyl (C=O) groups is 2. The van der Waals surface area contributed by atoms with Crippen LogP contribution in [0.5, 0.6) is 5.75 Å². The number of carboxylic acid groups (broad SMARTS) is 1. The lowest BCUT2D eigenvalue weighted by atomic mass is 10.0. The number of hydrogen-bond acceptors (Lipinski definition) is 4. The Bertz CT molecular complexity index is 562. The molecule has 1 heterocycles. The van der Waals surface area contributed by atoms with Crippen molar-refractivity contribution in [1.82, 2.24) is 5.32 Å². The van der Waals surface area contributed by atoms with Crippen LogP contribution in [0, 0.1) is 0 Å². The second-order valence-electron chi connectivity index (χ2n) is 5.85. The first-order valence-electron chi connectivity index (χ1n) is 6.75. The quantitative estimate of drug-likeness (QED) is 0.893. The number of carboxylic acids is 1. The standard InChI is InChI=1S/C15H19NO5/c1-15(2,3)21-14(19)16-11(13(17)18)10-6-4-5-9-7-8-20-12(9)10/h4-6,11H,7-8H2,1-3H3,(H,16,19)(H,17,18). The first-order chi connectivity index (χ1) is 9.78. The van der Waals surface area contributed by atoms with Crippen molar-refractivity contribution in [3.8, 4) is 5.75 Å². The molecule has 0 saturated heterocycles. The number of fused-ring (bicyclic) bond motifs is 1. The Hall–Kier alpha value is -2.24. The van der Waals surface area contributed by atoms with E-state index in [9.17, 15) is 14.7 Å². The predicted octanol–water partition coefficient (Wildman–Crippen LogP) is 2.27. The number of rotatable bonds is 3. The van der Waals surface area contributed by atoms with Gasteiger partial charge in [-0.1, -0.05) is 18.2 Å². The van der Waals surface area contributed by atoms with Crippen LogP contribution in [0.15, 0.2) is 18.2 Å². The molecule has 6 nitrogen and oxygen atoms in total. The minimum atomic E-state index is -1.20. The van der Waals surface area contributed by atoms with Crippen LogP contribution in [0.2, 0.25) is 0 Å². The first-order valence-corrected chi connectivity index (χ1v) is 6.75. The number of carbonyl (C=O) groups excluding carboxylic acids is 1. The number of para-hydroxylation sites is 1. The molecule has 1 atom stereocenters. The predicted molar refractivity (Wildman–Crippen MR) is 75.4 cm³/mol. The molecule has 1 aliphatic heterocycles. The molecular formula is C15H19NO5. The van der Waals surface area contributed by atoms with Gasteiger partial charge in [0.2, 0.25) is 0 Å². The molecule has 1 aromatic carbocycles. The number of alkyl carbamates (subject to hydrolysis) is 1. The SMILES string of the molecule is CC(C)(C)OC(=O)NC(C(=O)O)c1cccc2c1OCC2. The normalized spacial score (nSPS) is 14.8. The van der Waals surface area contributed by atoms with Gasteiger partial charge in [-0.25, -0.2) is 9.59 Å². The zero-order valence-corrected chi connectivity index (χ0v) is 12.3. The summed E-state index contributed by atoms with van der Waals surface area (Å²) in [6, 6.07) is 4.08. The van der Waals surface area contributed by atoms with Gasteiger partial charge in [0.05, 0.1) is 6.61 Å². The maximum atomic E-state index is 11.8. The number of ether oxygens (including phenoxy) is 2. The van der Waals surface area contributed by atoms with Crippen LogP contribution < -0.4 is 10.1 Å². The van der Waals surface area contributed by atoms with Crippen LogP contribution in [0.3, 0.4) is 0 Å². The van der Waals surface area contributed by atoms with Gasteiger partial charge in [0.25, 0.3) is 0 Å². The fourth-order valence-electron chi connectivity index (χ4n) is 2.17. The van der Waals surface area contributed by atoms with E-state index in [0.717, 1.165) is 12.0 Å². The molecule has 1 unspecified atom stereocenters. The Morgan fingerprint density at radius 3 is 2.71 bits per heavy atom. The second kappa shape index (κ2) is 5.63. The Balaban J connectivity index is 2.23. The largest absolute Gasteiger partial charge is 0.493 e. The van der Waals surface area contributed by atoms with Gasteiger partial charge >= 0.3 is 12.1 Å². The third-order valence-electron chi connectivity index (χ3n) is 2.96. The van der Waals surface area contributed by atoms with Gasteiger partial charge in [-0.15, -0.1) is 0 Å². The van der Waals surface area contributed by atoms with E-state index in [1.165, 1.54) is 0 Å². The maximum absolute atomic E-state index is 11.8. The minimum absolute atomic E-state index is 0.434.